The number of aliphatic hydroxyl groups is 1. The highest BCUT2D eigenvalue weighted by Gasteiger charge is 2.64. The molecule has 3 N–H and O–H groups in total. The molecule has 0 heterocycles. The minimum atomic E-state index is -2.60. The van der Waals surface area contributed by atoms with Gasteiger partial charge in [-0.2, -0.15) is 0 Å². The Labute approximate surface area is 254 Å². The smallest absolute Gasteiger partial charge is 0.206 e. The highest BCUT2D eigenvalue weighted by molar-refractivity contribution is 9.10. The molecule has 2 atom stereocenters. The molecule has 2 aliphatic rings. The minimum Gasteiger partial charge on any atom is -0.505 e. The average Bonchev–Trinajstić information content (AvgIpc) is 2.94. The van der Waals surface area contributed by atoms with Crippen molar-refractivity contribution in [2.75, 3.05) is 21.3 Å². The zero-order chi connectivity index (χ0) is 30.3. The first-order chi connectivity index (χ1) is 19.2. The summed E-state index contributed by atoms with van der Waals surface area (Å²) in [4.78, 5) is 28.8. The Balaban J connectivity index is 1.88. The Morgan fingerprint density at radius 2 is 1.49 bits per heavy atom. The molecule has 41 heavy (non-hydrogen) atoms. The second kappa shape index (κ2) is 9.80. The van der Waals surface area contributed by atoms with Gasteiger partial charge in [-0.3, -0.25) is 9.59 Å². The summed E-state index contributed by atoms with van der Waals surface area (Å²) in [5, 5.41) is 33.4. The van der Waals surface area contributed by atoms with E-state index >= 15 is 0 Å². The summed E-state index contributed by atoms with van der Waals surface area (Å²) in [5.41, 5.74) is -1.86. The number of phenolic OH excluding ortho intramolecular Hbond substituents is 2. The fourth-order valence-corrected chi connectivity index (χ4v) is 7.94. The van der Waals surface area contributed by atoms with Gasteiger partial charge in [0.15, 0.2) is 11.4 Å². The number of rotatable bonds is 4. The molecule has 0 spiro atoms. The molecule has 0 amide bonds. The lowest BCUT2D eigenvalue weighted by Crippen LogP contribution is -2.64. The van der Waals surface area contributed by atoms with Crippen LogP contribution >= 0.6 is 39.1 Å². The predicted octanol–water partition coefficient (Wildman–Crippen LogP) is 6.43. The van der Waals surface area contributed by atoms with Crippen LogP contribution in [0.15, 0.2) is 22.7 Å². The van der Waals surface area contributed by atoms with E-state index in [-0.39, 0.29) is 32.6 Å². The van der Waals surface area contributed by atoms with E-state index in [1.165, 1.54) is 21.3 Å². The second-order valence-corrected chi connectivity index (χ2v) is 12.3. The number of carbonyl (C=O) groups excluding carboxylic acids is 2. The SMILES string of the molecule is COc1cc(C)c(-c2cc(OC)c(Cl)c3c2C(=O)C2(O)C(=O)c4c(O)c(Cl)c(O)c(Br)c4C(C)(C)C2C3)c(OC)c1. The molecule has 3 aromatic rings. The first-order valence-electron chi connectivity index (χ1n) is 12.6. The van der Waals surface area contributed by atoms with E-state index in [0.717, 1.165) is 0 Å². The number of carbonyl (C=O) groups is 2. The van der Waals surface area contributed by atoms with Gasteiger partial charge in [0.05, 0.1) is 36.4 Å². The fraction of sp³-hybridized carbons (Fsp3) is 0.333. The third-order valence-corrected chi connectivity index (χ3v) is 9.99. The normalized spacial score (nSPS) is 20.7. The van der Waals surface area contributed by atoms with Crippen molar-refractivity contribution in [3.63, 3.8) is 0 Å². The van der Waals surface area contributed by atoms with Crippen molar-refractivity contribution in [3.8, 4) is 39.9 Å². The molecule has 0 saturated heterocycles. The number of hydrogen-bond donors (Lipinski definition) is 3. The fourth-order valence-electron chi connectivity index (χ4n) is 6.43. The number of halogens is 3. The lowest BCUT2D eigenvalue weighted by Gasteiger charge is -2.51. The molecule has 0 aromatic heterocycles. The summed E-state index contributed by atoms with van der Waals surface area (Å²) in [6.07, 6.45) is -0.00705. The van der Waals surface area contributed by atoms with Gasteiger partial charge < -0.3 is 29.5 Å². The molecule has 0 radical (unpaired) electrons. The molecule has 0 saturated carbocycles. The van der Waals surface area contributed by atoms with Gasteiger partial charge >= 0.3 is 0 Å². The van der Waals surface area contributed by atoms with Crippen LogP contribution in [-0.4, -0.2) is 53.8 Å². The maximum atomic E-state index is 14.6. The molecule has 0 fully saturated rings. The van der Waals surface area contributed by atoms with E-state index in [0.29, 0.717) is 39.5 Å². The lowest BCUT2D eigenvalue weighted by molar-refractivity contribution is -0.0204. The van der Waals surface area contributed by atoms with Gasteiger partial charge in [-0.1, -0.05) is 37.0 Å². The van der Waals surface area contributed by atoms with Crippen LogP contribution < -0.4 is 14.2 Å². The van der Waals surface area contributed by atoms with Crippen LogP contribution in [0.2, 0.25) is 10.0 Å². The standard InChI is InChI=1S/C30H27BrCl2O8/c1-11-7-12(39-4)8-15(40-5)18(11)13-9-16(41-6)23(32)14-10-17-29(2,3)21-20(25(34)24(33)26(35)22(21)31)28(37)30(17,38)27(36)19(13)14/h7-9,17,34-35,38H,10H2,1-6H3. The predicted molar refractivity (Wildman–Crippen MR) is 158 cm³/mol. The maximum absolute atomic E-state index is 14.6. The van der Waals surface area contributed by atoms with Gasteiger partial charge in [-0.15, -0.1) is 0 Å². The molecule has 2 unspecified atom stereocenters. The molecule has 0 aliphatic heterocycles. The Morgan fingerprint density at radius 3 is 2.07 bits per heavy atom. The zero-order valence-electron chi connectivity index (χ0n) is 23.0. The van der Waals surface area contributed by atoms with Crippen molar-refractivity contribution < 1.29 is 39.1 Å². The Hall–Kier alpha value is -2.98. The Morgan fingerprint density at radius 1 is 0.878 bits per heavy atom. The van der Waals surface area contributed by atoms with E-state index in [2.05, 4.69) is 15.9 Å². The number of aryl methyl sites for hydroxylation is 1. The Kier molecular flexibility index (Phi) is 7.05. The molecule has 8 nitrogen and oxygen atoms in total. The van der Waals surface area contributed by atoms with Gasteiger partial charge in [-0.05, 0) is 63.5 Å². The summed E-state index contributed by atoms with van der Waals surface area (Å²) in [6.45, 7) is 5.25. The molecule has 2 aliphatic carbocycles. The quantitative estimate of drug-likeness (QED) is 0.273. The second-order valence-electron chi connectivity index (χ2n) is 10.8. The molecule has 11 heteroatoms. The van der Waals surface area contributed by atoms with Crippen molar-refractivity contribution >= 4 is 50.7 Å². The largest absolute Gasteiger partial charge is 0.505 e. The number of phenols is 2. The van der Waals surface area contributed by atoms with E-state index < -0.39 is 45.0 Å². The molecular weight excluding hydrogens is 639 g/mol. The first-order valence-corrected chi connectivity index (χ1v) is 14.1. The van der Waals surface area contributed by atoms with Crippen molar-refractivity contribution in [2.45, 2.75) is 38.2 Å². The van der Waals surface area contributed by atoms with Crippen molar-refractivity contribution in [1.29, 1.82) is 0 Å². The number of hydrogen-bond acceptors (Lipinski definition) is 8. The van der Waals surface area contributed by atoms with Crippen molar-refractivity contribution in [3.05, 3.63) is 60.5 Å². The molecule has 5 rings (SSSR count). The summed E-state index contributed by atoms with van der Waals surface area (Å²) in [7, 11) is 4.45. The average molecular weight is 666 g/mol. The molecule has 0 bridgehead atoms. The lowest BCUT2D eigenvalue weighted by atomic mass is 9.52. The van der Waals surface area contributed by atoms with Gasteiger partial charge in [0, 0.05) is 28.7 Å². The topological polar surface area (TPSA) is 123 Å². The van der Waals surface area contributed by atoms with E-state index in [4.69, 9.17) is 37.4 Å². The van der Waals surface area contributed by atoms with Crippen LogP contribution in [0, 0.1) is 12.8 Å². The van der Waals surface area contributed by atoms with Gasteiger partial charge in [-0.25, -0.2) is 0 Å². The van der Waals surface area contributed by atoms with Crippen molar-refractivity contribution in [2.24, 2.45) is 5.92 Å². The number of ether oxygens (including phenoxy) is 3. The minimum absolute atomic E-state index is 0.00705. The molecular formula is C30H27BrCl2O8. The van der Waals surface area contributed by atoms with E-state index in [1.807, 2.05) is 6.92 Å². The van der Waals surface area contributed by atoms with E-state index in [1.54, 1.807) is 32.0 Å². The van der Waals surface area contributed by atoms with Crippen LogP contribution in [0.4, 0.5) is 0 Å². The van der Waals surface area contributed by atoms with Gasteiger partial charge in [0.1, 0.15) is 28.0 Å². The zero-order valence-corrected chi connectivity index (χ0v) is 26.1. The molecule has 216 valence electrons. The van der Waals surface area contributed by atoms with Gasteiger partial charge in [0.2, 0.25) is 11.6 Å². The number of fused-ring (bicyclic) bond motifs is 3. The third kappa shape index (κ3) is 3.82. The highest BCUT2D eigenvalue weighted by atomic mass is 79.9. The number of methoxy groups -OCH3 is 3. The summed E-state index contributed by atoms with van der Waals surface area (Å²) < 4.78 is 16.7. The van der Waals surface area contributed by atoms with Crippen LogP contribution in [-0.2, 0) is 11.8 Å². The van der Waals surface area contributed by atoms with E-state index in [9.17, 15) is 24.9 Å². The molecule has 3 aromatic carbocycles. The monoisotopic (exact) mass is 664 g/mol. The number of benzene rings is 3. The van der Waals surface area contributed by atoms with Crippen LogP contribution in [0.1, 0.15) is 51.3 Å². The first kappa shape index (κ1) is 29.5. The van der Waals surface area contributed by atoms with Crippen LogP contribution in [0.5, 0.6) is 28.7 Å². The maximum Gasteiger partial charge on any atom is 0.206 e. The highest BCUT2D eigenvalue weighted by Crippen LogP contribution is 2.60. The summed E-state index contributed by atoms with van der Waals surface area (Å²) in [6, 6.07) is 5.01. The van der Waals surface area contributed by atoms with Crippen LogP contribution in [0.3, 0.4) is 0 Å². The van der Waals surface area contributed by atoms with Crippen molar-refractivity contribution in [1.82, 2.24) is 0 Å². The number of Topliss-reactive ketones (excluding diaryl/α,β-unsaturated/α-hetero) is 2. The third-order valence-electron chi connectivity index (χ3n) is 8.45. The number of ketones is 2. The Bertz CT molecular complexity index is 1680. The van der Waals surface area contributed by atoms with Crippen LogP contribution in [0.25, 0.3) is 11.1 Å². The number of aromatic hydroxyl groups is 2. The summed E-state index contributed by atoms with van der Waals surface area (Å²) >= 11 is 16.3. The summed E-state index contributed by atoms with van der Waals surface area (Å²) in [5.74, 6) is -2.91. The van der Waals surface area contributed by atoms with Gasteiger partial charge in [0.25, 0.3) is 0 Å².